The molecule has 4 N–H and O–H groups in total. The summed E-state index contributed by atoms with van der Waals surface area (Å²) in [6.07, 6.45) is -0.573. The first kappa shape index (κ1) is 29.4. The normalized spacial score (nSPS) is 17.4. The minimum atomic E-state index is -0.573. The van der Waals surface area contributed by atoms with Crippen LogP contribution in [0.1, 0.15) is 35.7 Å². The Hall–Kier alpha value is -4.58. The summed E-state index contributed by atoms with van der Waals surface area (Å²) in [6, 6.07) is 12.5. The van der Waals surface area contributed by atoms with Crippen molar-refractivity contribution in [3.63, 3.8) is 0 Å². The van der Waals surface area contributed by atoms with Gasteiger partial charge < -0.3 is 40.1 Å². The molecule has 3 aromatic rings. The zero-order valence-electron chi connectivity index (χ0n) is 23.8. The molecule has 12 heteroatoms. The Labute approximate surface area is 238 Å². The number of hydrogen-bond acceptors (Lipinski definition) is 7. The van der Waals surface area contributed by atoms with E-state index in [2.05, 4.69) is 21.1 Å². The van der Waals surface area contributed by atoms with E-state index in [1.165, 1.54) is 4.90 Å². The van der Waals surface area contributed by atoms with E-state index >= 15 is 0 Å². The zero-order chi connectivity index (χ0) is 29.7. The molecule has 0 radical (unpaired) electrons. The number of likely N-dealkylation sites (N-methyl/N-ethyl adjacent to an activating group) is 1. The van der Waals surface area contributed by atoms with E-state index in [1.807, 2.05) is 13.0 Å². The van der Waals surface area contributed by atoms with E-state index in [9.17, 15) is 19.5 Å². The molecule has 0 unspecified atom stereocenters. The molecular formula is C29H36N6O6. The predicted octanol–water partition coefficient (Wildman–Crippen LogP) is 4.32. The molecule has 0 fully saturated rings. The number of anilines is 3. The van der Waals surface area contributed by atoms with Gasteiger partial charge in [-0.15, -0.1) is 0 Å². The van der Waals surface area contributed by atoms with Gasteiger partial charge in [0.2, 0.25) is 0 Å². The molecule has 3 atom stereocenters. The number of aromatic nitrogens is 1. The smallest absolute Gasteiger partial charge is 0.323 e. The van der Waals surface area contributed by atoms with Crippen LogP contribution in [0.25, 0.3) is 0 Å². The third kappa shape index (κ3) is 6.77. The second-order valence-corrected chi connectivity index (χ2v) is 10.3. The minimum absolute atomic E-state index is 0.163. The van der Waals surface area contributed by atoms with Gasteiger partial charge in [-0.1, -0.05) is 36.3 Å². The number of carbonyl (C=O) groups is 3. The molecular weight excluding hydrogens is 528 g/mol. The van der Waals surface area contributed by atoms with Gasteiger partial charge in [0.25, 0.3) is 5.91 Å². The van der Waals surface area contributed by atoms with E-state index < -0.39 is 18.2 Å². The average molecular weight is 565 g/mol. The number of nitrogens with zero attached hydrogens (tertiary/aromatic N) is 3. The highest BCUT2D eigenvalue weighted by Crippen LogP contribution is 2.35. The first-order chi connectivity index (χ1) is 19.6. The van der Waals surface area contributed by atoms with E-state index in [4.69, 9.17) is 9.26 Å². The fraction of sp³-hybridized carbons (Fsp3) is 0.379. The highest BCUT2D eigenvalue weighted by Gasteiger charge is 2.35. The average Bonchev–Trinajstić information content (AvgIpc) is 3.27. The van der Waals surface area contributed by atoms with Crippen LogP contribution in [0.4, 0.5) is 26.7 Å². The third-order valence-electron chi connectivity index (χ3n) is 7.04. The molecule has 218 valence electrons. The van der Waals surface area contributed by atoms with Gasteiger partial charge in [-0.2, -0.15) is 0 Å². The Morgan fingerprint density at radius 1 is 1.12 bits per heavy atom. The van der Waals surface area contributed by atoms with Crippen molar-refractivity contribution in [2.45, 2.75) is 39.8 Å². The van der Waals surface area contributed by atoms with E-state index in [0.29, 0.717) is 28.5 Å². The lowest BCUT2D eigenvalue weighted by molar-refractivity contribution is 0.0373. The van der Waals surface area contributed by atoms with Crippen molar-refractivity contribution >= 4 is 35.0 Å². The first-order valence-electron chi connectivity index (χ1n) is 13.4. The van der Waals surface area contributed by atoms with Crippen molar-refractivity contribution in [3.8, 4) is 5.75 Å². The number of urea groups is 2. The van der Waals surface area contributed by atoms with E-state index in [0.717, 1.165) is 0 Å². The van der Waals surface area contributed by atoms with Gasteiger partial charge in [0, 0.05) is 25.2 Å². The summed E-state index contributed by atoms with van der Waals surface area (Å²) in [6.45, 7) is 7.35. The van der Waals surface area contributed by atoms with Crippen LogP contribution in [0.3, 0.4) is 0 Å². The quantitative estimate of drug-likeness (QED) is 0.334. The van der Waals surface area contributed by atoms with Crippen LogP contribution in [-0.4, -0.2) is 76.9 Å². The lowest BCUT2D eigenvalue weighted by atomic mass is 9.99. The lowest BCUT2D eigenvalue weighted by Crippen LogP contribution is -2.50. The van der Waals surface area contributed by atoms with Crippen LogP contribution >= 0.6 is 0 Å². The number of aliphatic hydroxyl groups is 1. The molecule has 1 aromatic heterocycles. The summed E-state index contributed by atoms with van der Waals surface area (Å²) in [5.41, 5.74) is 2.19. The van der Waals surface area contributed by atoms with Crippen molar-refractivity contribution in [2.24, 2.45) is 5.92 Å². The molecule has 41 heavy (non-hydrogen) atoms. The Morgan fingerprint density at radius 3 is 2.51 bits per heavy atom. The largest absolute Gasteiger partial charge is 0.485 e. The van der Waals surface area contributed by atoms with Gasteiger partial charge in [-0.05, 0) is 45.0 Å². The molecule has 0 saturated heterocycles. The molecule has 2 heterocycles. The zero-order valence-corrected chi connectivity index (χ0v) is 23.8. The molecule has 0 aliphatic carbocycles. The maximum Gasteiger partial charge on any atom is 0.323 e. The summed E-state index contributed by atoms with van der Waals surface area (Å²) < 4.78 is 11.6. The first-order valence-corrected chi connectivity index (χ1v) is 13.4. The molecule has 12 nitrogen and oxygen atoms in total. The van der Waals surface area contributed by atoms with Gasteiger partial charge in [-0.3, -0.25) is 4.79 Å². The van der Waals surface area contributed by atoms with Crippen LogP contribution in [0.2, 0.25) is 0 Å². The van der Waals surface area contributed by atoms with Crippen LogP contribution in [-0.2, 0) is 0 Å². The molecule has 2 aromatic carbocycles. The summed E-state index contributed by atoms with van der Waals surface area (Å²) in [5.74, 6) is 0.0995. The number of ether oxygens (including phenoxy) is 1. The second-order valence-electron chi connectivity index (χ2n) is 10.3. The molecule has 0 bridgehead atoms. The maximum atomic E-state index is 13.7. The molecule has 0 spiro atoms. The van der Waals surface area contributed by atoms with Crippen molar-refractivity contribution in [2.75, 3.05) is 42.7 Å². The molecule has 1 aliphatic rings. The number of nitrogens with one attached hydrogen (secondary N) is 3. The fourth-order valence-corrected chi connectivity index (χ4v) is 4.58. The molecule has 0 saturated carbocycles. The van der Waals surface area contributed by atoms with Gasteiger partial charge >= 0.3 is 12.1 Å². The number of rotatable bonds is 7. The molecule has 4 rings (SSSR count). The Kier molecular flexibility index (Phi) is 9.13. The SMILES string of the molecule is Cc1noc(C)c1NC(=O)N(C)C[C@@H]1Oc2c(NC(=O)Nc3ccccc3)cccc2C(=O)N([C@H](C)CO)C[C@@H]1C. The van der Waals surface area contributed by atoms with Crippen LogP contribution in [0.15, 0.2) is 53.1 Å². The highest BCUT2D eigenvalue weighted by atomic mass is 16.5. The fourth-order valence-electron chi connectivity index (χ4n) is 4.58. The number of benzene rings is 2. The summed E-state index contributed by atoms with van der Waals surface area (Å²) >= 11 is 0. The van der Waals surface area contributed by atoms with Crippen LogP contribution in [0.5, 0.6) is 5.75 Å². The van der Waals surface area contributed by atoms with E-state index in [-0.39, 0.29) is 48.9 Å². The standard InChI is InChI=1S/C29H36N6O6/c1-17-14-35(18(2)16-36)27(37)22-12-9-13-23(31-28(38)30-21-10-7-6-8-11-21)26(22)40-24(17)15-34(5)29(39)32-25-19(3)33-41-20(25)4/h6-13,17-18,24,36H,14-16H2,1-5H3,(H,32,39)(H2,30,31,38)/t17-,18+,24-/m0/s1. The number of fused-ring (bicyclic) bond motifs is 1. The molecule has 5 amide bonds. The van der Waals surface area contributed by atoms with Gasteiger partial charge in [-0.25, -0.2) is 9.59 Å². The topological polar surface area (TPSA) is 149 Å². The number of aliphatic hydroxyl groups excluding tert-OH is 1. The van der Waals surface area contributed by atoms with Crippen molar-refractivity contribution in [3.05, 3.63) is 65.5 Å². The monoisotopic (exact) mass is 564 g/mol. The second kappa shape index (κ2) is 12.7. The summed E-state index contributed by atoms with van der Waals surface area (Å²) in [5, 5.41) is 22.2. The Bertz CT molecular complexity index is 1370. The number of para-hydroxylation sites is 2. The van der Waals surface area contributed by atoms with Gasteiger partial charge in [0.05, 0.1) is 30.4 Å². The highest BCUT2D eigenvalue weighted by molar-refractivity contribution is 6.04. The predicted molar refractivity (Wildman–Crippen MR) is 154 cm³/mol. The minimum Gasteiger partial charge on any atom is -0.485 e. The Balaban J connectivity index is 1.63. The number of aryl methyl sites for hydroxylation is 2. The van der Waals surface area contributed by atoms with Crippen molar-refractivity contribution in [1.29, 1.82) is 0 Å². The van der Waals surface area contributed by atoms with Gasteiger partial charge in [0.1, 0.15) is 17.5 Å². The number of amides is 5. The lowest BCUT2D eigenvalue weighted by Gasteiger charge is -2.38. The van der Waals surface area contributed by atoms with E-state index in [1.54, 1.807) is 75.2 Å². The third-order valence-corrected chi connectivity index (χ3v) is 7.04. The van der Waals surface area contributed by atoms with Crippen molar-refractivity contribution in [1.82, 2.24) is 15.0 Å². The van der Waals surface area contributed by atoms with Gasteiger partial charge in [0.15, 0.2) is 11.5 Å². The number of hydrogen-bond donors (Lipinski definition) is 4. The van der Waals surface area contributed by atoms with Crippen molar-refractivity contribution < 1.29 is 28.8 Å². The van der Waals surface area contributed by atoms with Crippen LogP contribution in [0, 0.1) is 19.8 Å². The summed E-state index contributed by atoms with van der Waals surface area (Å²) in [4.78, 5) is 42.7. The summed E-state index contributed by atoms with van der Waals surface area (Å²) in [7, 11) is 1.64. The number of carbonyl (C=O) groups excluding carboxylic acids is 3. The maximum absolute atomic E-state index is 13.7. The van der Waals surface area contributed by atoms with Crippen LogP contribution < -0.4 is 20.7 Å². The Morgan fingerprint density at radius 2 is 1.85 bits per heavy atom. The molecule has 1 aliphatic heterocycles.